The average Bonchev–Trinajstić information content (AvgIpc) is 2.65. The first-order valence-corrected chi connectivity index (χ1v) is 8.11. The molecule has 0 aliphatic heterocycles. The third kappa shape index (κ3) is 5.44. The third-order valence-corrected chi connectivity index (χ3v) is 3.61. The van der Waals surface area contributed by atoms with Gasteiger partial charge in [-0.15, -0.1) is 0 Å². The number of hydrogen-bond donors (Lipinski definition) is 0. The number of nitro groups is 1. The van der Waals surface area contributed by atoms with Crippen molar-refractivity contribution in [2.45, 2.75) is 19.8 Å². The van der Waals surface area contributed by atoms with E-state index in [4.69, 9.17) is 19.5 Å². The van der Waals surface area contributed by atoms with Crippen molar-refractivity contribution in [2.24, 2.45) is 0 Å². The molecule has 0 aliphatic rings. The number of rotatable bonds is 8. The van der Waals surface area contributed by atoms with Crippen LogP contribution in [0.1, 0.15) is 24.0 Å². The van der Waals surface area contributed by atoms with E-state index >= 15 is 0 Å². The van der Waals surface area contributed by atoms with Crippen LogP contribution >= 0.6 is 0 Å². The molecule has 2 aromatic carbocycles. The predicted octanol–water partition coefficient (Wildman–Crippen LogP) is 3.55. The van der Waals surface area contributed by atoms with Gasteiger partial charge in [-0.1, -0.05) is 6.07 Å². The highest BCUT2D eigenvalue weighted by Crippen LogP contribution is 2.29. The molecule has 27 heavy (non-hydrogen) atoms. The summed E-state index contributed by atoms with van der Waals surface area (Å²) >= 11 is 0. The summed E-state index contributed by atoms with van der Waals surface area (Å²) in [5.74, 6) is 0.227. The molecule has 0 unspecified atom stereocenters. The summed E-state index contributed by atoms with van der Waals surface area (Å²) in [5, 5.41) is 19.9. The maximum Gasteiger partial charge on any atom is 0.311 e. The molecule has 0 saturated heterocycles. The van der Waals surface area contributed by atoms with E-state index in [2.05, 4.69) is 0 Å². The van der Waals surface area contributed by atoms with Gasteiger partial charge in [0.2, 0.25) is 5.75 Å². The highest BCUT2D eigenvalue weighted by atomic mass is 16.6. The Balaban J connectivity index is 1.88. The molecule has 0 fully saturated rings. The van der Waals surface area contributed by atoms with E-state index in [0.29, 0.717) is 23.5 Å². The summed E-state index contributed by atoms with van der Waals surface area (Å²) in [6.45, 7) is 1.97. The maximum absolute atomic E-state index is 12.0. The molecule has 0 saturated carbocycles. The van der Waals surface area contributed by atoms with Crippen molar-refractivity contribution in [1.82, 2.24) is 0 Å². The molecule has 8 heteroatoms. The summed E-state index contributed by atoms with van der Waals surface area (Å²) in [4.78, 5) is 22.4. The number of carbonyl (C=O) groups excluding carboxylic acids is 1. The Morgan fingerprint density at radius 2 is 1.96 bits per heavy atom. The number of methoxy groups -OCH3 is 1. The van der Waals surface area contributed by atoms with Crippen LogP contribution < -0.4 is 14.2 Å². The van der Waals surface area contributed by atoms with Crippen LogP contribution in [0.15, 0.2) is 36.4 Å². The number of nitrogens with zero attached hydrogens (tertiary/aromatic N) is 2. The predicted molar refractivity (Wildman–Crippen MR) is 95.9 cm³/mol. The zero-order valence-corrected chi connectivity index (χ0v) is 14.9. The van der Waals surface area contributed by atoms with Gasteiger partial charge in [-0.25, -0.2) is 0 Å². The van der Waals surface area contributed by atoms with Gasteiger partial charge in [-0.2, -0.15) is 5.26 Å². The Morgan fingerprint density at radius 3 is 2.63 bits per heavy atom. The molecule has 0 amide bonds. The molecular weight excluding hydrogens is 352 g/mol. The molecule has 0 heterocycles. The second-order valence-electron chi connectivity index (χ2n) is 5.63. The summed E-state index contributed by atoms with van der Waals surface area (Å²) in [7, 11) is 1.47. The van der Waals surface area contributed by atoms with E-state index in [9.17, 15) is 14.9 Å². The minimum absolute atomic E-state index is 0.0314. The molecule has 2 aromatic rings. The number of benzene rings is 2. The lowest BCUT2D eigenvalue weighted by Gasteiger charge is -2.10. The number of nitriles is 1. The largest absolute Gasteiger partial charge is 0.493 e. The van der Waals surface area contributed by atoms with Crippen LogP contribution in [0.5, 0.6) is 17.2 Å². The summed E-state index contributed by atoms with van der Waals surface area (Å²) in [6, 6.07) is 11.1. The molecular formula is C19H18N2O6. The lowest BCUT2D eigenvalue weighted by molar-refractivity contribution is -0.385. The van der Waals surface area contributed by atoms with E-state index < -0.39 is 10.9 Å². The first-order valence-electron chi connectivity index (χ1n) is 8.11. The third-order valence-electron chi connectivity index (χ3n) is 3.61. The minimum atomic E-state index is -0.595. The zero-order valence-electron chi connectivity index (χ0n) is 14.9. The quantitative estimate of drug-likeness (QED) is 0.230. The summed E-state index contributed by atoms with van der Waals surface area (Å²) in [5.41, 5.74) is 0.940. The highest BCUT2D eigenvalue weighted by Gasteiger charge is 2.18. The maximum atomic E-state index is 12.0. The van der Waals surface area contributed by atoms with Crippen molar-refractivity contribution in [3.05, 3.63) is 57.6 Å². The fourth-order valence-electron chi connectivity index (χ4n) is 2.28. The Labute approximate surface area is 156 Å². The Hall–Kier alpha value is -3.60. The van der Waals surface area contributed by atoms with E-state index in [0.717, 1.165) is 5.56 Å². The number of aryl methyl sites for hydroxylation is 1. The first-order chi connectivity index (χ1) is 12.9. The number of ether oxygens (including phenoxy) is 3. The molecule has 0 atom stereocenters. The SMILES string of the molecule is COc1cc(C#N)ccc1OCCCC(=O)Oc1cc(C)ccc1[N+](=O)[O-]. The van der Waals surface area contributed by atoms with Crippen molar-refractivity contribution >= 4 is 11.7 Å². The van der Waals surface area contributed by atoms with Gasteiger partial charge in [0.25, 0.3) is 0 Å². The van der Waals surface area contributed by atoms with Gasteiger partial charge in [-0.3, -0.25) is 14.9 Å². The van der Waals surface area contributed by atoms with E-state index in [1.54, 1.807) is 31.2 Å². The standard InChI is InChI=1S/C19H18N2O6/c1-13-5-7-15(21(23)24)17(10-13)27-19(22)4-3-9-26-16-8-6-14(12-20)11-18(16)25-2/h5-8,10-11H,3-4,9H2,1-2H3. The van der Waals surface area contributed by atoms with Crippen molar-refractivity contribution in [3.8, 4) is 23.3 Å². The van der Waals surface area contributed by atoms with Crippen molar-refractivity contribution in [3.63, 3.8) is 0 Å². The van der Waals surface area contributed by atoms with Crippen LogP contribution in [-0.4, -0.2) is 24.6 Å². The van der Waals surface area contributed by atoms with Crippen molar-refractivity contribution < 1.29 is 23.9 Å². The van der Waals surface area contributed by atoms with Crippen LogP contribution in [0.25, 0.3) is 0 Å². The monoisotopic (exact) mass is 370 g/mol. The van der Waals surface area contributed by atoms with Crippen LogP contribution in [0, 0.1) is 28.4 Å². The van der Waals surface area contributed by atoms with Crippen molar-refractivity contribution in [1.29, 1.82) is 5.26 Å². The molecule has 8 nitrogen and oxygen atoms in total. The number of carbonyl (C=O) groups is 1. The van der Waals surface area contributed by atoms with Crippen LogP contribution in [-0.2, 0) is 4.79 Å². The summed E-state index contributed by atoms with van der Waals surface area (Å²) < 4.78 is 15.8. The van der Waals surface area contributed by atoms with Crippen LogP contribution in [0.4, 0.5) is 5.69 Å². The van der Waals surface area contributed by atoms with E-state index in [1.807, 2.05) is 6.07 Å². The van der Waals surface area contributed by atoms with Gasteiger partial charge >= 0.3 is 11.7 Å². The second-order valence-corrected chi connectivity index (χ2v) is 5.63. The lowest BCUT2D eigenvalue weighted by atomic mass is 10.2. The molecule has 0 bridgehead atoms. The smallest absolute Gasteiger partial charge is 0.311 e. The minimum Gasteiger partial charge on any atom is -0.493 e. The molecule has 0 N–H and O–H groups in total. The molecule has 0 spiro atoms. The molecule has 0 aromatic heterocycles. The van der Waals surface area contributed by atoms with Crippen molar-refractivity contribution in [2.75, 3.05) is 13.7 Å². The van der Waals surface area contributed by atoms with Gasteiger partial charge in [0.05, 0.1) is 30.3 Å². The molecule has 0 aliphatic carbocycles. The normalized spacial score (nSPS) is 9.96. The Kier molecular flexibility index (Phi) is 6.72. The van der Waals surface area contributed by atoms with E-state index in [1.165, 1.54) is 19.2 Å². The van der Waals surface area contributed by atoms with Crippen LogP contribution in [0.2, 0.25) is 0 Å². The fraction of sp³-hybridized carbons (Fsp3) is 0.263. The first kappa shape index (κ1) is 19.7. The van der Waals surface area contributed by atoms with Gasteiger partial charge in [0.15, 0.2) is 11.5 Å². The molecule has 140 valence electrons. The van der Waals surface area contributed by atoms with E-state index in [-0.39, 0.29) is 24.5 Å². The lowest BCUT2D eigenvalue weighted by Crippen LogP contribution is -2.11. The zero-order chi connectivity index (χ0) is 19.8. The second kappa shape index (κ2) is 9.20. The Bertz CT molecular complexity index is 888. The van der Waals surface area contributed by atoms with Gasteiger partial charge in [0.1, 0.15) is 0 Å². The number of esters is 1. The van der Waals surface area contributed by atoms with Gasteiger partial charge < -0.3 is 14.2 Å². The van der Waals surface area contributed by atoms with Gasteiger partial charge in [-0.05, 0) is 37.1 Å². The van der Waals surface area contributed by atoms with Crippen LogP contribution in [0.3, 0.4) is 0 Å². The molecule has 0 radical (unpaired) electrons. The topological polar surface area (TPSA) is 112 Å². The fourth-order valence-corrected chi connectivity index (χ4v) is 2.28. The summed E-state index contributed by atoms with van der Waals surface area (Å²) in [6.07, 6.45) is 0.380. The Morgan fingerprint density at radius 1 is 1.19 bits per heavy atom. The molecule has 2 rings (SSSR count). The van der Waals surface area contributed by atoms with Gasteiger partial charge in [0, 0.05) is 18.6 Å². The average molecular weight is 370 g/mol. The highest BCUT2D eigenvalue weighted by molar-refractivity contribution is 5.74. The number of nitro benzene ring substituents is 1. The number of hydrogen-bond acceptors (Lipinski definition) is 7.